The Morgan fingerprint density at radius 2 is 1.83 bits per heavy atom. The van der Waals surface area contributed by atoms with Crippen LogP contribution in [0.1, 0.15) is 25.8 Å². The number of hydrogen-bond acceptors (Lipinski definition) is 4. The molecule has 1 N–H and O–H groups in total. The first kappa shape index (κ1) is 21.5. The quantitative estimate of drug-likeness (QED) is 0.758. The third-order valence-corrected chi connectivity index (χ3v) is 5.21. The Hall–Kier alpha value is -3.22. The Labute approximate surface area is 177 Å². The van der Waals surface area contributed by atoms with E-state index in [4.69, 9.17) is 9.47 Å². The number of amides is 3. The third-order valence-electron chi connectivity index (χ3n) is 5.21. The highest BCUT2D eigenvalue weighted by Crippen LogP contribution is 2.33. The normalized spacial score (nSPS) is 16.0. The fraction of sp³-hybridized carbons (Fsp3) is 0.391. The van der Waals surface area contributed by atoms with Gasteiger partial charge in [0.1, 0.15) is 0 Å². The van der Waals surface area contributed by atoms with Gasteiger partial charge in [0.15, 0.2) is 11.5 Å². The first-order chi connectivity index (χ1) is 14.4. The van der Waals surface area contributed by atoms with Crippen LogP contribution in [0.15, 0.2) is 48.5 Å². The van der Waals surface area contributed by atoms with Gasteiger partial charge < -0.3 is 24.6 Å². The van der Waals surface area contributed by atoms with Crippen LogP contribution in [0.2, 0.25) is 0 Å². The molecular formula is C23H29N3O4. The molecule has 1 unspecified atom stereocenters. The van der Waals surface area contributed by atoms with E-state index in [-0.39, 0.29) is 30.4 Å². The van der Waals surface area contributed by atoms with E-state index in [1.54, 1.807) is 36.2 Å². The molecule has 0 aromatic heterocycles. The number of nitrogens with zero attached hydrogens (tertiary/aromatic N) is 2. The van der Waals surface area contributed by atoms with Crippen LogP contribution in [0, 0.1) is 0 Å². The molecule has 1 atom stereocenters. The van der Waals surface area contributed by atoms with Crippen LogP contribution in [0.5, 0.6) is 11.5 Å². The minimum atomic E-state index is -0.255. The molecule has 0 radical (unpaired) electrons. The molecule has 30 heavy (non-hydrogen) atoms. The van der Waals surface area contributed by atoms with Crippen LogP contribution in [0.25, 0.3) is 0 Å². The number of nitrogens with one attached hydrogen (secondary N) is 1. The number of ether oxygens (including phenoxy) is 2. The molecule has 1 aliphatic heterocycles. The molecule has 7 heteroatoms. The van der Waals surface area contributed by atoms with E-state index in [2.05, 4.69) is 5.32 Å². The summed E-state index contributed by atoms with van der Waals surface area (Å²) in [7, 11) is 3.13. The van der Waals surface area contributed by atoms with Gasteiger partial charge in [-0.15, -0.1) is 0 Å². The smallest absolute Gasteiger partial charge is 0.318 e. The second kappa shape index (κ2) is 9.52. The van der Waals surface area contributed by atoms with Crippen LogP contribution in [-0.2, 0) is 11.3 Å². The van der Waals surface area contributed by atoms with Crippen molar-refractivity contribution in [2.24, 2.45) is 0 Å². The van der Waals surface area contributed by atoms with Gasteiger partial charge in [-0.1, -0.05) is 30.3 Å². The maximum absolute atomic E-state index is 12.9. The van der Waals surface area contributed by atoms with Crippen molar-refractivity contribution < 1.29 is 19.1 Å². The van der Waals surface area contributed by atoms with E-state index in [1.807, 2.05) is 50.2 Å². The van der Waals surface area contributed by atoms with Crippen LogP contribution < -0.4 is 19.7 Å². The zero-order chi connectivity index (χ0) is 21.7. The summed E-state index contributed by atoms with van der Waals surface area (Å²) in [4.78, 5) is 29.0. The predicted molar refractivity (Wildman–Crippen MR) is 116 cm³/mol. The lowest BCUT2D eigenvalue weighted by Gasteiger charge is -2.28. The maximum Gasteiger partial charge on any atom is 0.318 e. The fourth-order valence-electron chi connectivity index (χ4n) is 3.57. The summed E-state index contributed by atoms with van der Waals surface area (Å²) in [6, 6.07) is 14.9. The summed E-state index contributed by atoms with van der Waals surface area (Å²) in [5, 5.41) is 3.03. The molecule has 1 aliphatic rings. The topological polar surface area (TPSA) is 71.1 Å². The first-order valence-corrected chi connectivity index (χ1v) is 10.1. The van der Waals surface area contributed by atoms with E-state index in [1.165, 1.54) is 0 Å². The molecule has 1 heterocycles. The monoisotopic (exact) mass is 411 g/mol. The fourth-order valence-corrected chi connectivity index (χ4v) is 3.57. The molecule has 0 spiro atoms. The molecule has 3 amide bonds. The largest absolute Gasteiger partial charge is 0.493 e. The van der Waals surface area contributed by atoms with Crippen LogP contribution in [-0.4, -0.2) is 49.7 Å². The van der Waals surface area contributed by atoms with Crippen molar-refractivity contribution in [3.8, 4) is 11.5 Å². The molecule has 1 saturated heterocycles. The lowest BCUT2D eigenvalue weighted by atomic mass is 10.2. The van der Waals surface area contributed by atoms with Crippen molar-refractivity contribution in [3.05, 3.63) is 54.1 Å². The Balaban J connectivity index is 1.67. The molecule has 7 nitrogen and oxygen atoms in total. The van der Waals surface area contributed by atoms with E-state index in [0.29, 0.717) is 24.6 Å². The standard InChI is InChI=1S/C23H29N3O4/c1-16(2)25(14-17-8-6-5-7-9-17)23(28)24-18-12-22(27)26(15-18)19-10-11-20(29-3)21(13-19)30-4/h5-11,13,16,18H,12,14-15H2,1-4H3,(H,24,28). The molecule has 160 valence electrons. The third kappa shape index (κ3) is 4.84. The number of carbonyl (C=O) groups excluding carboxylic acids is 2. The van der Waals surface area contributed by atoms with Crippen molar-refractivity contribution in [2.45, 2.75) is 38.9 Å². The van der Waals surface area contributed by atoms with E-state index >= 15 is 0 Å². The van der Waals surface area contributed by atoms with Gasteiger partial charge in [-0.25, -0.2) is 4.79 Å². The van der Waals surface area contributed by atoms with E-state index in [0.717, 1.165) is 11.3 Å². The van der Waals surface area contributed by atoms with Gasteiger partial charge in [-0.2, -0.15) is 0 Å². The van der Waals surface area contributed by atoms with Crippen molar-refractivity contribution in [2.75, 3.05) is 25.7 Å². The van der Waals surface area contributed by atoms with Gasteiger partial charge in [0.05, 0.1) is 20.3 Å². The summed E-state index contributed by atoms with van der Waals surface area (Å²) < 4.78 is 10.6. The molecule has 2 aromatic carbocycles. The van der Waals surface area contributed by atoms with Gasteiger partial charge in [0.25, 0.3) is 0 Å². The van der Waals surface area contributed by atoms with Gasteiger partial charge in [0.2, 0.25) is 5.91 Å². The van der Waals surface area contributed by atoms with E-state index < -0.39 is 0 Å². The lowest BCUT2D eigenvalue weighted by Crippen LogP contribution is -2.48. The predicted octanol–water partition coefficient (Wildman–Crippen LogP) is 3.43. The number of carbonyl (C=O) groups is 2. The zero-order valence-electron chi connectivity index (χ0n) is 17.9. The highest BCUT2D eigenvalue weighted by molar-refractivity contribution is 5.97. The van der Waals surface area contributed by atoms with E-state index in [9.17, 15) is 9.59 Å². The molecule has 1 fully saturated rings. The van der Waals surface area contributed by atoms with Crippen LogP contribution >= 0.6 is 0 Å². The molecule has 3 rings (SSSR count). The summed E-state index contributed by atoms with van der Waals surface area (Å²) >= 11 is 0. The number of urea groups is 1. The minimum Gasteiger partial charge on any atom is -0.493 e. The zero-order valence-corrected chi connectivity index (χ0v) is 17.9. The number of methoxy groups -OCH3 is 2. The number of hydrogen-bond donors (Lipinski definition) is 1. The maximum atomic E-state index is 12.9. The average Bonchev–Trinajstić information content (AvgIpc) is 3.11. The van der Waals surface area contributed by atoms with Gasteiger partial charge in [-0.3, -0.25) is 4.79 Å². The Bertz CT molecular complexity index is 885. The Kier molecular flexibility index (Phi) is 6.82. The number of benzene rings is 2. The summed E-state index contributed by atoms with van der Waals surface area (Å²) in [5.74, 6) is 1.13. The first-order valence-electron chi connectivity index (χ1n) is 10.1. The summed E-state index contributed by atoms with van der Waals surface area (Å²) in [6.45, 7) is 4.90. The molecule has 2 aromatic rings. The van der Waals surface area contributed by atoms with Crippen molar-refractivity contribution in [3.63, 3.8) is 0 Å². The Morgan fingerprint density at radius 1 is 1.13 bits per heavy atom. The molecular weight excluding hydrogens is 382 g/mol. The van der Waals surface area contributed by atoms with Crippen LogP contribution in [0.4, 0.5) is 10.5 Å². The van der Waals surface area contributed by atoms with Crippen molar-refractivity contribution >= 4 is 17.6 Å². The van der Waals surface area contributed by atoms with Gasteiger partial charge in [-0.05, 0) is 31.5 Å². The SMILES string of the molecule is COc1ccc(N2CC(NC(=O)N(Cc3ccccc3)C(C)C)CC2=O)cc1OC. The van der Waals surface area contributed by atoms with Gasteiger partial charge in [0, 0.05) is 37.3 Å². The second-order valence-corrected chi connectivity index (χ2v) is 7.60. The van der Waals surface area contributed by atoms with Crippen LogP contribution in [0.3, 0.4) is 0 Å². The van der Waals surface area contributed by atoms with Crippen molar-refractivity contribution in [1.82, 2.24) is 10.2 Å². The van der Waals surface area contributed by atoms with Crippen molar-refractivity contribution in [1.29, 1.82) is 0 Å². The second-order valence-electron chi connectivity index (χ2n) is 7.60. The summed E-state index contributed by atoms with van der Waals surface area (Å²) in [5.41, 5.74) is 1.79. The van der Waals surface area contributed by atoms with Gasteiger partial charge >= 0.3 is 6.03 Å². The lowest BCUT2D eigenvalue weighted by molar-refractivity contribution is -0.117. The highest BCUT2D eigenvalue weighted by atomic mass is 16.5. The number of rotatable bonds is 7. The highest BCUT2D eigenvalue weighted by Gasteiger charge is 2.33. The molecule has 0 saturated carbocycles. The summed E-state index contributed by atoms with van der Waals surface area (Å²) in [6.07, 6.45) is 0.261. The molecule has 0 bridgehead atoms. The number of anilines is 1. The average molecular weight is 412 g/mol. The Morgan fingerprint density at radius 3 is 2.47 bits per heavy atom. The molecule has 0 aliphatic carbocycles. The minimum absolute atomic E-state index is 0.0317.